The van der Waals surface area contributed by atoms with Gasteiger partial charge in [-0.05, 0) is 17.7 Å². The van der Waals surface area contributed by atoms with E-state index < -0.39 is 53.8 Å². The molecule has 12 heteroatoms. The van der Waals surface area contributed by atoms with E-state index in [1.807, 2.05) is 0 Å². The number of amides is 1. The number of aromatic amines is 1. The van der Waals surface area contributed by atoms with Gasteiger partial charge < -0.3 is 9.88 Å². The summed E-state index contributed by atoms with van der Waals surface area (Å²) in [5, 5.41) is -0.520. The van der Waals surface area contributed by atoms with Crippen molar-refractivity contribution in [3.8, 4) is 11.1 Å². The molecule has 4 rings (SSSR count). The Hall–Kier alpha value is -2.95. The Morgan fingerprint density at radius 1 is 1.27 bits per heavy atom. The fraction of sp³-hybridized carbons (Fsp3) is 0.278. The average molecular weight is 447 g/mol. The van der Waals surface area contributed by atoms with Crippen molar-refractivity contribution in [3.05, 3.63) is 51.7 Å². The van der Waals surface area contributed by atoms with E-state index in [0.29, 0.717) is 0 Å². The summed E-state index contributed by atoms with van der Waals surface area (Å²) in [7, 11) is 0. The number of carbonyl (C=O) groups excluding carboxylic acids is 1. The van der Waals surface area contributed by atoms with Crippen LogP contribution in [0.15, 0.2) is 35.5 Å². The van der Waals surface area contributed by atoms with Gasteiger partial charge in [-0.25, -0.2) is 13.8 Å². The topological polar surface area (TPSA) is 71.0 Å². The molecule has 2 aromatic heterocycles. The average Bonchev–Trinajstić information content (AvgIpc) is 3.06. The van der Waals surface area contributed by atoms with Crippen LogP contribution in [0, 0.1) is 0 Å². The zero-order chi connectivity index (χ0) is 21.8. The van der Waals surface area contributed by atoms with Gasteiger partial charge in [-0.1, -0.05) is 17.7 Å². The Balaban J connectivity index is 1.73. The van der Waals surface area contributed by atoms with Crippen LogP contribution >= 0.6 is 11.6 Å². The zero-order valence-corrected chi connectivity index (χ0v) is 15.7. The minimum atomic E-state index is -4.69. The van der Waals surface area contributed by atoms with E-state index >= 15 is 0 Å². The van der Waals surface area contributed by atoms with E-state index in [2.05, 4.69) is 9.97 Å². The first kappa shape index (κ1) is 20.3. The maximum Gasteiger partial charge on any atom is 0.417 e. The van der Waals surface area contributed by atoms with Gasteiger partial charge in [-0.2, -0.15) is 13.2 Å². The fourth-order valence-corrected chi connectivity index (χ4v) is 3.46. The number of likely N-dealkylation sites (tertiary alicyclic amines) is 1. The van der Waals surface area contributed by atoms with E-state index in [1.165, 1.54) is 12.3 Å². The Morgan fingerprint density at radius 2 is 1.97 bits per heavy atom. The minimum absolute atomic E-state index is 0.0327. The third kappa shape index (κ3) is 3.53. The molecule has 3 aromatic rings. The second-order valence-corrected chi connectivity index (χ2v) is 7.31. The van der Waals surface area contributed by atoms with Gasteiger partial charge in [0.15, 0.2) is 0 Å². The number of rotatable bonds is 3. The molecule has 0 atom stereocenters. The minimum Gasteiger partial charge on any atom is -0.345 e. The summed E-state index contributed by atoms with van der Waals surface area (Å²) in [5.74, 6) is -3.63. The first-order chi connectivity index (χ1) is 14.0. The number of nitrogens with one attached hydrogen (secondary N) is 1. The molecular weight excluding hydrogens is 435 g/mol. The summed E-state index contributed by atoms with van der Waals surface area (Å²) in [6.45, 7) is -1.97. The van der Waals surface area contributed by atoms with Gasteiger partial charge >= 0.3 is 6.18 Å². The lowest BCUT2D eigenvalue weighted by atomic mass is 10.0. The van der Waals surface area contributed by atoms with Crippen LogP contribution in [0.1, 0.15) is 5.56 Å². The number of aromatic nitrogens is 3. The van der Waals surface area contributed by atoms with Gasteiger partial charge in [0, 0.05) is 11.8 Å². The molecule has 0 saturated carbocycles. The van der Waals surface area contributed by atoms with Crippen LogP contribution < -0.4 is 5.56 Å². The van der Waals surface area contributed by atoms with E-state index in [9.17, 15) is 31.5 Å². The highest BCUT2D eigenvalue weighted by Gasteiger charge is 2.46. The lowest BCUT2D eigenvalue weighted by Crippen LogP contribution is -2.59. The highest BCUT2D eigenvalue weighted by molar-refractivity contribution is 6.31. The van der Waals surface area contributed by atoms with Crippen LogP contribution in [0.25, 0.3) is 22.2 Å². The molecule has 158 valence electrons. The molecule has 0 aliphatic carbocycles. The van der Waals surface area contributed by atoms with Gasteiger partial charge in [-0.15, -0.1) is 0 Å². The van der Waals surface area contributed by atoms with Crippen LogP contribution in [-0.4, -0.2) is 44.4 Å². The normalized spacial score (nSPS) is 16.0. The van der Waals surface area contributed by atoms with Crippen molar-refractivity contribution in [1.29, 1.82) is 0 Å². The van der Waals surface area contributed by atoms with Crippen molar-refractivity contribution in [2.45, 2.75) is 18.6 Å². The number of nitrogens with zero attached hydrogens (tertiary/aromatic N) is 3. The Kier molecular flexibility index (Phi) is 4.60. The highest BCUT2D eigenvalue weighted by atomic mass is 35.5. The summed E-state index contributed by atoms with van der Waals surface area (Å²) in [6.07, 6.45) is -2.29. The first-order valence-electron chi connectivity index (χ1n) is 8.55. The van der Waals surface area contributed by atoms with Crippen molar-refractivity contribution >= 4 is 28.5 Å². The number of hydrogen-bond donors (Lipinski definition) is 1. The second-order valence-electron chi connectivity index (χ2n) is 6.90. The van der Waals surface area contributed by atoms with Crippen LogP contribution in [0.5, 0.6) is 0 Å². The van der Waals surface area contributed by atoms with Crippen molar-refractivity contribution in [3.63, 3.8) is 0 Å². The van der Waals surface area contributed by atoms with E-state index in [-0.39, 0.29) is 22.2 Å². The summed E-state index contributed by atoms with van der Waals surface area (Å²) in [5.41, 5.74) is -1.43. The number of H-pyrrole nitrogens is 1. The van der Waals surface area contributed by atoms with Gasteiger partial charge in [-0.3, -0.25) is 14.2 Å². The molecule has 0 unspecified atom stereocenters. The number of halogens is 6. The molecule has 6 nitrogen and oxygen atoms in total. The molecule has 0 radical (unpaired) electrons. The van der Waals surface area contributed by atoms with Crippen LogP contribution in [0.4, 0.5) is 22.0 Å². The van der Waals surface area contributed by atoms with Crippen LogP contribution in [0.3, 0.4) is 0 Å². The lowest BCUT2D eigenvalue weighted by molar-refractivity contribution is -0.166. The smallest absolute Gasteiger partial charge is 0.345 e. The second kappa shape index (κ2) is 6.79. The van der Waals surface area contributed by atoms with Crippen molar-refractivity contribution < 1.29 is 26.7 Å². The maximum atomic E-state index is 13.2. The van der Waals surface area contributed by atoms with Crippen molar-refractivity contribution in [2.24, 2.45) is 0 Å². The third-order valence-corrected chi connectivity index (χ3v) is 5.08. The van der Waals surface area contributed by atoms with Crippen LogP contribution in [0.2, 0.25) is 5.02 Å². The van der Waals surface area contributed by atoms with Crippen LogP contribution in [-0.2, 0) is 17.5 Å². The Labute approximate surface area is 169 Å². The third-order valence-electron chi connectivity index (χ3n) is 4.75. The largest absolute Gasteiger partial charge is 0.417 e. The quantitative estimate of drug-likeness (QED) is 0.626. The van der Waals surface area contributed by atoms with Gasteiger partial charge in [0.05, 0.1) is 29.1 Å². The van der Waals surface area contributed by atoms with E-state index in [4.69, 9.17) is 11.6 Å². The summed E-state index contributed by atoms with van der Waals surface area (Å²) in [6, 6.07) is 3.21. The molecule has 0 spiro atoms. The SMILES string of the molecule is O=C(Cn1cnc2[nH]cc(-c3ccc(Cl)c(C(F)(F)F)c3)c2c1=O)N1CC(F)(F)C1. The van der Waals surface area contributed by atoms with E-state index in [1.54, 1.807) is 0 Å². The summed E-state index contributed by atoms with van der Waals surface area (Å²) >= 11 is 5.64. The lowest BCUT2D eigenvalue weighted by Gasteiger charge is -2.38. The fourth-order valence-electron chi connectivity index (χ4n) is 3.24. The van der Waals surface area contributed by atoms with E-state index in [0.717, 1.165) is 27.9 Å². The molecule has 1 fully saturated rings. The molecule has 0 bridgehead atoms. The number of benzene rings is 1. The van der Waals surface area contributed by atoms with Gasteiger partial charge in [0.1, 0.15) is 18.5 Å². The number of hydrogen-bond acceptors (Lipinski definition) is 3. The zero-order valence-electron chi connectivity index (χ0n) is 14.9. The van der Waals surface area contributed by atoms with Crippen molar-refractivity contribution in [1.82, 2.24) is 19.4 Å². The summed E-state index contributed by atoms with van der Waals surface area (Å²) in [4.78, 5) is 32.6. The molecule has 3 heterocycles. The Bertz CT molecular complexity index is 1210. The molecule has 30 heavy (non-hydrogen) atoms. The molecule has 1 amide bonds. The van der Waals surface area contributed by atoms with Gasteiger partial charge in [0.25, 0.3) is 11.5 Å². The monoisotopic (exact) mass is 446 g/mol. The van der Waals surface area contributed by atoms with Gasteiger partial charge in [0.2, 0.25) is 5.91 Å². The molecular formula is C18H12ClF5N4O2. The highest BCUT2D eigenvalue weighted by Crippen LogP contribution is 2.38. The predicted octanol–water partition coefficient (Wildman–Crippen LogP) is 3.54. The number of carbonyl (C=O) groups is 1. The molecule has 1 aliphatic heterocycles. The predicted molar refractivity (Wildman–Crippen MR) is 97.3 cm³/mol. The molecule has 1 aliphatic rings. The number of fused-ring (bicyclic) bond motifs is 1. The molecule has 1 aromatic carbocycles. The molecule has 1 N–H and O–H groups in total. The maximum absolute atomic E-state index is 13.2. The number of alkyl halides is 5. The standard InChI is InChI=1S/C18H12ClF5N4O2/c19-12-2-1-9(3-11(12)18(22,23)24)10-4-25-15-14(10)16(30)27(8-26-15)5-13(29)28-6-17(20,21)7-28/h1-4,8,25H,5-7H2. The summed E-state index contributed by atoms with van der Waals surface area (Å²) < 4.78 is 66.4. The molecule has 1 saturated heterocycles. The Morgan fingerprint density at radius 3 is 2.60 bits per heavy atom. The first-order valence-corrected chi connectivity index (χ1v) is 8.93. The van der Waals surface area contributed by atoms with Crippen molar-refractivity contribution in [2.75, 3.05) is 13.1 Å².